The first kappa shape index (κ1) is 34.3. The molecule has 1 atom stereocenters. The van der Waals surface area contributed by atoms with Gasteiger partial charge in [0.25, 0.3) is 0 Å². The van der Waals surface area contributed by atoms with Gasteiger partial charge in [-0.2, -0.15) is 5.10 Å². The van der Waals surface area contributed by atoms with Crippen molar-refractivity contribution in [3.05, 3.63) is 101 Å². The molecule has 1 amide bonds. The van der Waals surface area contributed by atoms with Gasteiger partial charge in [0.05, 0.1) is 24.9 Å². The van der Waals surface area contributed by atoms with Crippen LogP contribution in [0.15, 0.2) is 73.1 Å². The van der Waals surface area contributed by atoms with Gasteiger partial charge in [0, 0.05) is 42.7 Å². The number of hydrogen-bond donors (Lipinski definition) is 1. The van der Waals surface area contributed by atoms with Crippen molar-refractivity contribution >= 4 is 22.6 Å². The van der Waals surface area contributed by atoms with Crippen LogP contribution in [0.4, 0.5) is 4.39 Å². The van der Waals surface area contributed by atoms with E-state index >= 15 is 0 Å². The molecule has 3 heterocycles. The molecule has 0 radical (unpaired) electrons. The van der Waals surface area contributed by atoms with Crippen LogP contribution in [-0.4, -0.2) is 70.8 Å². The zero-order valence-electron chi connectivity index (χ0n) is 28.5. The number of hydrogen-bond acceptors (Lipinski definition) is 6. The van der Waals surface area contributed by atoms with E-state index in [4.69, 9.17) is 4.74 Å². The van der Waals surface area contributed by atoms with Crippen LogP contribution in [0.1, 0.15) is 72.6 Å². The number of carbonyl (C=O) groups is 2. The smallest absolute Gasteiger partial charge is 0.341 e. The van der Waals surface area contributed by atoms with Gasteiger partial charge in [0.15, 0.2) is 0 Å². The van der Waals surface area contributed by atoms with E-state index in [9.17, 15) is 14.0 Å². The standard InChI is InChI=1S/C40H46FN5O3/c1-3-49-40(48)34-27-43-46(28-34)24-23-44-19-15-30(16-20-44)11-12-32-13-14-36(38-10-5-4-9-37(32)38)29(2)45-21-17-33(18-22-45)39(47)42-26-31-7-6-8-35(41)25-31/h4-10,13-14,25,27-30,33H,3,15-24,26H2,1-2H3,(H,42,47). The molecule has 2 saturated heterocycles. The molecular weight excluding hydrogens is 617 g/mol. The Kier molecular flexibility index (Phi) is 11.4. The van der Waals surface area contributed by atoms with Crippen LogP contribution >= 0.6 is 0 Å². The number of fused-ring (bicyclic) bond motifs is 1. The van der Waals surface area contributed by atoms with Crippen molar-refractivity contribution in [2.24, 2.45) is 11.8 Å². The number of halogens is 1. The average molecular weight is 664 g/mol. The number of nitrogens with zero attached hydrogens (tertiary/aromatic N) is 4. The van der Waals surface area contributed by atoms with Gasteiger partial charge in [-0.25, -0.2) is 9.18 Å². The number of carbonyl (C=O) groups excluding carboxylic acids is 2. The summed E-state index contributed by atoms with van der Waals surface area (Å²) >= 11 is 0. The first-order chi connectivity index (χ1) is 23.9. The Morgan fingerprint density at radius 1 is 0.980 bits per heavy atom. The topological polar surface area (TPSA) is 79.7 Å². The summed E-state index contributed by atoms with van der Waals surface area (Å²) in [6.07, 6.45) is 7.01. The van der Waals surface area contributed by atoms with Crippen LogP contribution < -0.4 is 5.32 Å². The molecule has 8 nitrogen and oxygen atoms in total. The van der Waals surface area contributed by atoms with Crippen molar-refractivity contribution in [1.82, 2.24) is 24.9 Å². The van der Waals surface area contributed by atoms with Crippen molar-refractivity contribution in [3.8, 4) is 11.8 Å². The molecular formula is C40H46FN5O3. The molecule has 1 unspecified atom stereocenters. The number of esters is 1. The second kappa shape index (κ2) is 16.3. The SMILES string of the molecule is CCOC(=O)c1cnn(CCN2CCC(C#Cc3ccc(C(C)N4CCC(C(=O)NCc5cccc(F)c5)CC4)c4ccccc34)CC2)c1. The molecule has 0 bridgehead atoms. The van der Waals surface area contributed by atoms with E-state index in [1.807, 2.05) is 10.7 Å². The Morgan fingerprint density at radius 3 is 2.51 bits per heavy atom. The quantitative estimate of drug-likeness (QED) is 0.161. The Hall–Kier alpha value is -4.52. The third-order valence-corrected chi connectivity index (χ3v) is 10.00. The van der Waals surface area contributed by atoms with Gasteiger partial charge in [-0.05, 0) is 106 Å². The molecule has 1 N–H and O–H groups in total. The van der Waals surface area contributed by atoms with Crippen LogP contribution in [0.5, 0.6) is 0 Å². The fraction of sp³-hybridized carbons (Fsp3) is 0.425. The lowest BCUT2D eigenvalue weighted by atomic mass is 9.91. The summed E-state index contributed by atoms with van der Waals surface area (Å²) in [6, 6.07) is 19.6. The molecule has 2 fully saturated rings. The third-order valence-electron chi connectivity index (χ3n) is 10.00. The third kappa shape index (κ3) is 8.75. The zero-order valence-corrected chi connectivity index (χ0v) is 28.5. The summed E-state index contributed by atoms with van der Waals surface area (Å²) in [5.41, 5.74) is 3.62. The summed E-state index contributed by atoms with van der Waals surface area (Å²) in [5.74, 6) is 6.90. The summed E-state index contributed by atoms with van der Waals surface area (Å²) in [7, 11) is 0. The molecule has 6 rings (SSSR count). The first-order valence-electron chi connectivity index (χ1n) is 17.6. The number of aromatic nitrogens is 2. The molecule has 0 aliphatic carbocycles. The van der Waals surface area contributed by atoms with Crippen molar-refractivity contribution in [2.45, 2.75) is 58.7 Å². The van der Waals surface area contributed by atoms with Gasteiger partial charge >= 0.3 is 5.97 Å². The number of amides is 1. The van der Waals surface area contributed by atoms with E-state index in [1.165, 1.54) is 28.5 Å². The summed E-state index contributed by atoms with van der Waals surface area (Å²) in [6.45, 7) is 10.1. The Morgan fingerprint density at radius 2 is 1.76 bits per heavy atom. The van der Waals surface area contributed by atoms with Crippen molar-refractivity contribution in [3.63, 3.8) is 0 Å². The highest BCUT2D eigenvalue weighted by Gasteiger charge is 2.28. The normalized spacial score (nSPS) is 17.0. The average Bonchev–Trinajstić information content (AvgIpc) is 3.62. The summed E-state index contributed by atoms with van der Waals surface area (Å²) in [4.78, 5) is 29.7. The molecule has 2 aliphatic rings. The molecule has 2 aliphatic heterocycles. The van der Waals surface area contributed by atoms with Gasteiger partial charge < -0.3 is 15.0 Å². The van der Waals surface area contributed by atoms with Crippen molar-refractivity contribution < 1.29 is 18.7 Å². The van der Waals surface area contributed by atoms with E-state index < -0.39 is 0 Å². The minimum Gasteiger partial charge on any atom is -0.462 e. The molecule has 1 aromatic heterocycles. The van der Waals surface area contributed by atoms with Gasteiger partial charge in [-0.1, -0.05) is 54.3 Å². The van der Waals surface area contributed by atoms with Crippen LogP contribution in [0.2, 0.25) is 0 Å². The predicted octanol–water partition coefficient (Wildman–Crippen LogP) is 6.21. The molecule has 0 spiro atoms. The Bertz CT molecular complexity index is 1810. The molecule has 3 aromatic carbocycles. The van der Waals surface area contributed by atoms with Gasteiger partial charge in [0.1, 0.15) is 5.82 Å². The number of ether oxygens (including phenoxy) is 1. The van der Waals surface area contributed by atoms with Crippen molar-refractivity contribution in [1.29, 1.82) is 0 Å². The maximum atomic E-state index is 13.5. The van der Waals surface area contributed by atoms with Crippen LogP contribution in [0, 0.1) is 29.5 Å². The number of rotatable bonds is 10. The van der Waals surface area contributed by atoms with Crippen LogP contribution in [0.25, 0.3) is 10.8 Å². The zero-order chi connectivity index (χ0) is 34.2. The minimum atomic E-state index is -0.329. The molecule has 49 heavy (non-hydrogen) atoms. The van der Waals surface area contributed by atoms with Gasteiger partial charge in [-0.3, -0.25) is 14.4 Å². The number of likely N-dealkylation sites (tertiary alicyclic amines) is 2. The molecule has 4 aromatic rings. The predicted molar refractivity (Wildman–Crippen MR) is 189 cm³/mol. The van der Waals surface area contributed by atoms with E-state index in [0.717, 1.165) is 76.1 Å². The molecule has 9 heteroatoms. The maximum Gasteiger partial charge on any atom is 0.341 e. The highest BCUT2D eigenvalue weighted by molar-refractivity contribution is 5.91. The van der Waals surface area contributed by atoms with E-state index in [0.29, 0.717) is 24.6 Å². The summed E-state index contributed by atoms with van der Waals surface area (Å²) in [5, 5.41) is 9.74. The Balaban J connectivity index is 1.01. The lowest BCUT2D eigenvalue weighted by molar-refractivity contribution is -0.126. The highest BCUT2D eigenvalue weighted by atomic mass is 19.1. The Labute approximate surface area is 288 Å². The van der Waals surface area contributed by atoms with E-state index in [-0.39, 0.29) is 29.7 Å². The monoisotopic (exact) mass is 663 g/mol. The van der Waals surface area contributed by atoms with Gasteiger partial charge in [0.2, 0.25) is 5.91 Å². The largest absolute Gasteiger partial charge is 0.462 e. The van der Waals surface area contributed by atoms with Crippen molar-refractivity contribution in [2.75, 3.05) is 39.3 Å². The number of nitrogens with one attached hydrogen (secondary N) is 1. The number of piperidine rings is 2. The van der Waals surface area contributed by atoms with Crippen LogP contribution in [-0.2, 0) is 22.6 Å². The maximum absolute atomic E-state index is 13.5. The second-order valence-corrected chi connectivity index (χ2v) is 13.2. The fourth-order valence-corrected chi connectivity index (χ4v) is 7.05. The van der Waals surface area contributed by atoms with Crippen LogP contribution in [0.3, 0.4) is 0 Å². The summed E-state index contributed by atoms with van der Waals surface area (Å²) < 4.78 is 20.4. The lowest BCUT2D eigenvalue weighted by Crippen LogP contribution is -2.41. The van der Waals surface area contributed by atoms with E-state index in [2.05, 4.69) is 75.4 Å². The lowest BCUT2D eigenvalue weighted by Gasteiger charge is -2.36. The second-order valence-electron chi connectivity index (χ2n) is 13.2. The van der Waals surface area contributed by atoms with E-state index in [1.54, 1.807) is 25.4 Å². The molecule has 0 saturated carbocycles. The minimum absolute atomic E-state index is 0.0272. The highest BCUT2D eigenvalue weighted by Crippen LogP contribution is 2.33. The molecule has 256 valence electrons. The van der Waals surface area contributed by atoms with Gasteiger partial charge in [-0.15, -0.1) is 0 Å². The number of benzene rings is 3. The first-order valence-corrected chi connectivity index (χ1v) is 17.6. The fourth-order valence-electron chi connectivity index (χ4n) is 7.05.